The third-order valence-corrected chi connectivity index (χ3v) is 1.77. The summed E-state index contributed by atoms with van der Waals surface area (Å²) in [5.41, 5.74) is 7.96. The van der Waals surface area contributed by atoms with Crippen LogP contribution in [0.1, 0.15) is 19.8 Å². The second-order valence-corrected chi connectivity index (χ2v) is 3.03. The average molecular weight is 219 g/mol. The summed E-state index contributed by atoms with van der Waals surface area (Å²) in [6.45, 7) is 4.55. The number of unbranched alkanes of at least 4 members (excludes halogenated alkanes) is 1. The zero-order valence-corrected chi connectivity index (χ0v) is 8.70. The van der Waals surface area contributed by atoms with Gasteiger partial charge in [-0.15, -0.1) is 6.58 Å². The molecule has 0 radical (unpaired) electrons. The molecule has 0 aliphatic carbocycles. The molecular weight excluding hydrogens is 204 g/mol. The second kappa shape index (κ2) is 7.20. The van der Waals surface area contributed by atoms with E-state index in [0.29, 0.717) is 6.42 Å². The van der Waals surface area contributed by atoms with Gasteiger partial charge in [-0.25, -0.2) is 8.78 Å². The maximum Gasteiger partial charge on any atom is 0.282 e. The van der Waals surface area contributed by atoms with Crippen LogP contribution in [0.4, 0.5) is 8.78 Å². The summed E-state index contributed by atoms with van der Waals surface area (Å²) in [5, 5.41) is 2.84. The van der Waals surface area contributed by atoms with Gasteiger partial charge in [0.15, 0.2) is 0 Å². The first kappa shape index (κ1) is 13.9. The van der Waals surface area contributed by atoms with E-state index in [1.807, 2.05) is 6.92 Å². The molecule has 0 bridgehead atoms. The van der Waals surface area contributed by atoms with Crippen LogP contribution < -0.4 is 0 Å². The van der Waals surface area contributed by atoms with E-state index in [4.69, 9.17) is 10.3 Å². The standard InChI is InChI=1S/C9H15F2N3O/c1-3-5-6-15-8(4-2)9(10,11)7-13-14-12/h4,8H,2-3,5-7H2,1H3/t8-/m1/s1. The number of hydrogen-bond donors (Lipinski definition) is 0. The molecule has 0 saturated carbocycles. The van der Waals surface area contributed by atoms with E-state index in [0.717, 1.165) is 12.5 Å². The number of rotatable bonds is 8. The summed E-state index contributed by atoms with van der Waals surface area (Å²) in [5.74, 6) is -3.19. The Morgan fingerprint density at radius 2 is 2.33 bits per heavy atom. The third-order valence-electron chi connectivity index (χ3n) is 1.77. The van der Waals surface area contributed by atoms with Crippen molar-refractivity contribution in [3.05, 3.63) is 23.1 Å². The fourth-order valence-corrected chi connectivity index (χ4v) is 0.933. The molecule has 0 aliphatic rings. The first-order chi connectivity index (χ1) is 7.08. The normalized spacial score (nSPS) is 13.0. The van der Waals surface area contributed by atoms with Crippen molar-refractivity contribution in [2.24, 2.45) is 5.11 Å². The van der Waals surface area contributed by atoms with Crippen LogP contribution in [0.3, 0.4) is 0 Å². The molecule has 0 amide bonds. The Morgan fingerprint density at radius 1 is 1.67 bits per heavy atom. The Morgan fingerprint density at radius 3 is 2.80 bits per heavy atom. The van der Waals surface area contributed by atoms with E-state index >= 15 is 0 Å². The molecule has 4 nitrogen and oxygen atoms in total. The van der Waals surface area contributed by atoms with Crippen LogP contribution in [-0.4, -0.2) is 25.2 Å². The lowest BCUT2D eigenvalue weighted by Crippen LogP contribution is -2.37. The van der Waals surface area contributed by atoms with E-state index < -0.39 is 18.6 Å². The van der Waals surface area contributed by atoms with E-state index in [2.05, 4.69) is 16.6 Å². The molecule has 0 aromatic rings. The quantitative estimate of drug-likeness (QED) is 0.203. The zero-order valence-electron chi connectivity index (χ0n) is 8.70. The van der Waals surface area contributed by atoms with Crippen LogP contribution in [0.2, 0.25) is 0 Å². The molecule has 0 N–H and O–H groups in total. The molecule has 0 spiro atoms. The van der Waals surface area contributed by atoms with Crippen LogP contribution in [0.5, 0.6) is 0 Å². The van der Waals surface area contributed by atoms with Gasteiger partial charge in [-0.3, -0.25) is 0 Å². The van der Waals surface area contributed by atoms with Gasteiger partial charge in [0.05, 0.1) is 6.54 Å². The molecule has 0 saturated heterocycles. The number of nitrogens with zero attached hydrogens (tertiary/aromatic N) is 3. The van der Waals surface area contributed by atoms with E-state index in [1.165, 1.54) is 0 Å². The van der Waals surface area contributed by atoms with Crippen LogP contribution in [0.25, 0.3) is 10.4 Å². The fraction of sp³-hybridized carbons (Fsp3) is 0.778. The first-order valence-corrected chi connectivity index (χ1v) is 4.71. The van der Waals surface area contributed by atoms with Crippen LogP contribution >= 0.6 is 0 Å². The van der Waals surface area contributed by atoms with Gasteiger partial charge in [0, 0.05) is 11.5 Å². The van der Waals surface area contributed by atoms with E-state index in [1.54, 1.807) is 0 Å². The number of ether oxygens (including phenoxy) is 1. The molecule has 6 heteroatoms. The predicted octanol–water partition coefficient (Wildman–Crippen LogP) is 3.30. The summed E-state index contributed by atoms with van der Waals surface area (Å²) in [6, 6.07) is 0. The van der Waals surface area contributed by atoms with Gasteiger partial charge in [0.2, 0.25) is 0 Å². The van der Waals surface area contributed by atoms with Crippen molar-refractivity contribution >= 4 is 0 Å². The van der Waals surface area contributed by atoms with Gasteiger partial charge in [0.1, 0.15) is 6.10 Å². The topological polar surface area (TPSA) is 58.0 Å². The van der Waals surface area contributed by atoms with Crippen molar-refractivity contribution < 1.29 is 13.5 Å². The molecule has 0 aromatic heterocycles. The highest BCUT2D eigenvalue weighted by molar-refractivity contribution is 4.93. The molecule has 15 heavy (non-hydrogen) atoms. The zero-order chi connectivity index (χ0) is 11.7. The largest absolute Gasteiger partial charge is 0.368 e. The van der Waals surface area contributed by atoms with Gasteiger partial charge in [0.25, 0.3) is 5.92 Å². The second-order valence-electron chi connectivity index (χ2n) is 3.03. The van der Waals surface area contributed by atoms with E-state index in [9.17, 15) is 8.78 Å². The Balaban J connectivity index is 4.22. The maximum atomic E-state index is 13.2. The monoisotopic (exact) mass is 219 g/mol. The Labute approximate surface area is 87.5 Å². The van der Waals surface area contributed by atoms with Gasteiger partial charge in [-0.1, -0.05) is 24.5 Å². The summed E-state index contributed by atoms with van der Waals surface area (Å²) in [6.07, 6.45) is 1.21. The molecule has 0 aromatic carbocycles. The van der Waals surface area contributed by atoms with Crippen molar-refractivity contribution in [2.75, 3.05) is 13.2 Å². The van der Waals surface area contributed by atoms with Gasteiger partial charge in [-0.2, -0.15) is 0 Å². The van der Waals surface area contributed by atoms with Crippen LogP contribution in [-0.2, 0) is 4.74 Å². The molecule has 1 atom stereocenters. The Hall–Kier alpha value is -1.13. The summed E-state index contributed by atoms with van der Waals surface area (Å²) >= 11 is 0. The lowest BCUT2D eigenvalue weighted by Gasteiger charge is -2.22. The van der Waals surface area contributed by atoms with Crippen molar-refractivity contribution in [1.29, 1.82) is 0 Å². The molecule has 0 aliphatic heterocycles. The van der Waals surface area contributed by atoms with Crippen molar-refractivity contribution in [2.45, 2.75) is 31.8 Å². The van der Waals surface area contributed by atoms with Crippen LogP contribution in [0, 0.1) is 0 Å². The lowest BCUT2D eigenvalue weighted by atomic mass is 10.2. The van der Waals surface area contributed by atoms with Crippen molar-refractivity contribution in [3.63, 3.8) is 0 Å². The lowest BCUT2D eigenvalue weighted by molar-refractivity contribution is -0.108. The van der Waals surface area contributed by atoms with Crippen molar-refractivity contribution in [1.82, 2.24) is 0 Å². The minimum absolute atomic E-state index is 0.249. The number of hydrogen-bond acceptors (Lipinski definition) is 2. The summed E-state index contributed by atoms with van der Waals surface area (Å²) in [7, 11) is 0. The molecule has 0 unspecified atom stereocenters. The third kappa shape index (κ3) is 5.34. The smallest absolute Gasteiger partial charge is 0.282 e. The van der Waals surface area contributed by atoms with E-state index in [-0.39, 0.29) is 6.61 Å². The first-order valence-electron chi connectivity index (χ1n) is 4.71. The van der Waals surface area contributed by atoms with Gasteiger partial charge in [-0.05, 0) is 12.0 Å². The molecule has 0 fully saturated rings. The number of azide groups is 1. The average Bonchev–Trinajstić information content (AvgIpc) is 2.21. The highest BCUT2D eigenvalue weighted by Gasteiger charge is 2.37. The molecule has 0 heterocycles. The van der Waals surface area contributed by atoms with Crippen LogP contribution in [0.15, 0.2) is 17.8 Å². The molecular formula is C9H15F2N3O. The predicted molar refractivity (Wildman–Crippen MR) is 53.8 cm³/mol. The summed E-state index contributed by atoms with van der Waals surface area (Å²) in [4.78, 5) is 2.29. The molecule has 0 rings (SSSR count). The Kier molecular flexibility index (Phi) is 6.66. The minimum atomic E-state index is -3.19. The van der Waals surface area contributed by atoms with Gasteiger partial charge >= 0.3 is 0 Å². The highest BCUT2D eigenvalue weighted by atomic mass is 19.3. The summed E-state index contributed by atoms with van der Waals surface area (Å²) < 4.78 is 31.4. The SMILES string of the molecule is C=C[C@@H](OCCCC)C(F)(F)CN=[N+]=[N-]. The number of halogens is 2. The minimum Gasteiger partial charge on any atom is -0.368 e. The molecule has 86 valence electrons. The van der Waals surface area contributed by atoms with Crippen molar-refractivity contribution in [3.8, 4) is 0 Å². The number of alkyl halides is 2. The maximum absolute atomic E-state index is 13.2. The van der Waals surface area contributed by atoms with Gasteiger partial charge < -0.3 is 4.74 Å². The fourth-order valence-electron chi connectivity index (χ4n) is 0.933. The highest BCUT2D eigenvalue weighted by Crippen LogP contribution is 2.23. The Bertz CT molecular complexity index is 240.